The van der Waals surface area contributed by atoms with E-state index in [1.165, 1.54) is 44.5 Å². The van der Waals surface area contributed by atoms with Crippen LogP contribution in [0.15, 0.2) is 54.6 Å². The third-order valence-corrected chi connectivity index (χ3v) is 5.73. The van der Waals surface area contributed by atoms with Gasteiger partial charge in [-0.1, -0.05) is 48.5 Å². The zero-order valence-electron chi connectivity index (χ0n) is 16.6. The number of para-hydroxylation sites is 1. The van der Waals surface area contributed by atoms with Crippen molar-refractivity contribution in [2.45, 2.75) is 39.5 Å². The predicted molar refractivity (Wildman–Crippen MR) is 115 cm³/mol. The molecule has 0 amide bonds. The number of unbranched alkanes of at least 4 members (excludes halogenated alkanes) is 2. The summed E-state index contributed by atoms with van der Waals surface area (Å²) in [5.74, 6) is 0.936. The molecular formula is C26H25NO. The standard InChI is InChI=1S/C26H25NO/c1-18-16-23-21-11-5-4-10-20(21)17-24(23)26(19(18)2)22-12-6-7-13-25(22)28-15-9-3-8-14-27/h4-7,10-13,16H,3,8-9,15,17H2,1-2H3. The fourth-order valence-electron chi connectivity index (χ4n) is 4.17. The third-order valence-electron chi connectivity index (χ3n) is 5.73. The number of rotatable bonds is 6. The van der Waals surface area contributed by atoms with E-state index < -0.39 is 0 Å². The van der Waals surface area contributed by atoms with Crippen LogP contribution in [0.25, 0.3) is 22.3 Å². The summed E-state index contributed by atoms with van der Waals surface area (Å²) >= 11 is 0. The zero-order chi connectivity index (χ0) is 19.5. The van der Waals surface area contributed by atoms with E-state index in [1.807, 2.05) is 6.07 Å². The minimum absolute atomic E-state index is 0.591. The van der Waals surface area contributed by atoms with Crippen LogP contribution in [-0.2, 0) is 6.42 Å². The Morgan fingerprint density at radius 1 is 0.929 bits per heavy atom. The van der Waals surface area contributed by atoms with Crippen LogP contribution in [0.5, 0.6) is 5.75 Å². The van der Waals surface area contributed by atoms with E-state index in [0.29, 0.717) is 13.0 Å². The summed E-state index contributed by atoms with van der Waals surface area (Å²) < 4.78 is 6.16. The second-order valence-corrected chi connectivity index (χ2v) is 7.51. The van der Waals surface area contributed by atoms with E-state index in [4.69, 9.17) is 10.00 Å². The Morgan fingerprint density at radius 3 is 2.50 bits per heavy atom. The first-order chi connectivity index (χ1) is 13.7. The van der Waals surface area contributed by atoms with Crippen LogP contribution in [0.1, 0.15) is 41.5 Å². The number of fused-ring (bicyclic) bond motifs is 3. The summed E-state index contributed by atoms with van der Waals surface area (Å²) in [4.78, 5) is 0. The molecule has 2 nitrogen and oxygen atoms in total. The molecule has 1 aliphatic rings. The molecule has 0 saturated carbocycles. The number of hydrogen-bond acceptors (Lipinski definition) is 2. The van der Waals surface area contributed by atoms with Crippen LogP contribution in [0.2, 0.25) is 0 Å². The van der Waals surface area contributed by atoms with E-state index in [0.717, 1.165) is 25.0 Å². The second-order valence-electron chi connectivity index (χ2n) is 7.51. The summed E-state index contributed by atoms with van der Waals surface area (Å²) in [7, 11) is 0. The van der Waals surface area contributed by atoms with Gasteiger partial charge in [0, 0.05) is 12.0 Å². The maximum absolute atomic E-state index is 8.71. The fraction of sp³-hybridized carbons (Fsp3) is 0.269. The average molecular weight is 367 g/mol. The van der Waals surface area contributed by atoms with Gasteiger partial charge in [-0.15, -0.1) is 0 Å². The van der Waals surface area contributed by atoms with Gasteiger partial charge in [0.25, 0.3) is 0 Å². The summed E-state index contributed by atoms with van der Waals surface area (Å²) in [5, 5.41) is 8.71. The maximum Gasteiger partial charge on any atom is 0.127 e. The van der Waals surface area contributed by atoms with Crippen molar-refractivity contribution in [1.29, 1.82) is 5.26 Å². The quantitative estimate of drug-likeness (QED) is 0.359. The topological polar surface area (TPSA) is 33.0 Å². The highest BCUT2D eigenvalue weighted by atomic mass is 16.5. The molecule has 0 aliphatic heterocycles. The van der Waals surface area contributed by atoms with Gasteiger partial charge in [0.1, 0.15) is 5.75 Å². The minimum Gasteiger partial charge on any atom is -0.493 e. The summed E-state index contributed by atoms with van der Waals surface area (Å²) in [6.45, 7) is 5.06. The Morgan fingerprint density at radius 2 is 1.68 bits per heavy atom. The van der Waals surface area contributed by atoms with Crippen molar-refractivity contribution in [3.8, 4) is 34.1 Å². The van der Waals surface area contributed by atoms with Gasteiger partial charge >= 0.3 is 0 Å². The summed E-state index contributed by atoms with van der Waals surface area (Å²) in [6, 6.07) is 21.6. The molecule has 140 valence electrons. The van der Waals surface area contributed by atoms with Gasteiger partial charge in [-0.3, -0.25) is 0 Å². The van der Waals surface area contributed by atoms with Crippen LogP contribution in [0, 0.1) is 25.2 Å². The molecule has 0 unspecified atom stereocenters. The Balaban J connectivity index is 1.75. The highest BCUT2D eigenvalue weighted by molar-refractivity contribution is 5.88. The lowest BCUT2D eigenvalue weighted by Gasteiger charge is -2.19. The Bertz CT molecular complexity index is 1060. The van der Waals surface area contributed by atoms with Gasteiger partial charge in [0.15, 0.2) is 0 Å². The van der Waals surface area contributed by atoms with Gasteiger partial charge in [-0.05, 0) is 78.1 Å². The van der Waals surface area contributed by atoms with Crippen LogP contribution in [0.4, 0.5) is 0 Å². The number of aryl methyl sites for hydroxylation is 1. The lowest BCUT2D eigenvalue weighted by Crippen LogP contribution is -2.01. The SMILES string of the molecule is Cc1cc2c(c(-c3ccccc3OCCCCC#N)c1C)Cc1ccccc1-2. The van der Waals surface area contributed by atoms with Gasteiger partial charge in [0.05, 0.1) is 12.7 Å². The number of benzene rings is 3. The Labute approximate surface area is 167 Å². The van der Waals surface area contributed by atoms with Gasteiger partial charge in [0.2, 0.25) is 0 Å². The Kier molecular flexibility index (Phi) is 5.17. The highest BCUT2D eigenvalue weighted by Crippen LogP contribution is 2.46. The molecule has 0 saturated heterocycles. The molecule has 0 heterocycles. The molecule has 0 N–H and O–H groups in total. The minimum atomic E-state index is 0.591. The molecule has 0 spiro atoms. The van der Waals surface area contributed by atoms with E-state index in [2.05, 4.69) is 68.4 Å². The monoisotopic (exact) mass is 367 g/mol. The number of nitriles is 1. The molecule has 0 fully saturated rings. The van der Waals surface area contributed by atoms with Crippen molar-refractivity contribution < 1.29 is 4.74 Å². The van der Waals surface area contributed by atoms with E-state index in [1.54, 1.807) is 0 Å². The average Bonchev–Trinajstić information content (AvgIpc) is 3.07. The molecule has 3 aromatic rings. The van der Waals surface area contributed by atoms with Crippen LogP contribution >= 0.6 is 0 Å². The first kappa shape index (κ1) is 18.3. The first-order valence-corrected chi connectivity index (χ1v) is 10.0. The Hall–Kier alpha value is -3.05. The van der Waals surface area contributed by atoms with Crippen molar-refractivity contribution in [1.82, 2.24) is 0 Å². The van der Waals surface area contributed by atoms with Gasteiger partial charge in [-0.2, -0.15) is 5.26 Å². The van der Waals surface area contributed by atoms with Gasteiger partial charge < -0.3 is 4.74 Å². The first-order valence-electron chi connectivity index (χ1n) is 10.0. The molecule has 1 aliphatic carbocycles. The third kappa shape index (κ3) is 3.29. The molecule has 28 heavy (non-hydrogen) atoms. The summed E-state index contributed by atoms with van der Waals surface area (Å²) in [5.41, 5.74) is 10.7. The largest absolute Gasteiger partial charge is 0.493 e. The van der Waals surface area contributed by atoms with Crippen LogP contribution < -0.4 is 4.74 Å². The van der Waals surface area contributed by atoms with Crippen molar-refractivity contribution in [3.05, 3.63) is 76.9 Å². The van der Waals surface area contributed by atoms with Crippen LogP contribution in [0.3, 0.4) is 0 Å². The normalized spacial score (nSPS) is 11.6. The fourth-order valence-corrected chi connectivity index (χ4v) is 4.17. The molecule has 0 aromatic heterocycles. The predicted octanol–water partition coefficient (Wildman–Crippen LogP) is 6.61. The maximum atomic E-state index is 8.71. The highest BCUT2D eigenvalue weighted by Gasteiger charge is 2.25. The zero-order valence-corrected chi connectivity index (χ0v) is 16.6. The second kappa shape index (κ2) is 7.90. The molecule has 3 aromatic carbocycles. The van der Waals surface area contributed by atoms with Crippen LogP contribution in [-0.4, -0.2) is 6.61 Å². The summed E-state index contributed by atoms with van der Waals surface area (Å²) in [6.07, 6.45) is 3.34. The van der Waals surface area contributed by atoms with Crippen molar-refractivity contribution in [3.63, 3.8) is 0 Å². The van der Waals surface area contributed by atoms with E-state index >= 15 is 0 Å². The van der Waals surface area contributed by atoms with E-state index in [9.17, 15) is 0 Å². The van der Waals surface area contributed by atoms with Crippen molar-refractivity contribution in [2.75, 3.05) is 6.61 Å². The van der Waals surface area contributed by atoms with Gasteiger partial charge in [-0.25, -0.2) is 0 Å². The lowest BCUT2D eigenvalue weighted by atomic mass is 9.88. The molecule has 0 radical (unpaired) electrons. The number of nitrogens with zero attached hydrogens (tertiary/aromatic N) is 1. The van der Waals surface area contributed by atoms with Crippen molar-refractivity contribution >= 4 is 0 Å². The molecule has 0 atom stereocenters. The molecular weight excluding hydrogens is 342 g/mol. The molecule has 0 bridgehead atoms. The van der Waals surface area contributed by atoms with E-state index in [-0.39, 0.29) is 0 Å². The lowest BCUT2D eigenvalue weighted by molar-refractivity contribution is 0.309. The smallest absolute Gasteiger partial charge is 0.127 e. The number of hydrogen-bond donors (Lipinski definition) is 0. The number of ether oxygens (including phenoxy) is 1. The van der Waals surface area contributed by atoms with Crippen molar-refractivity contribution in [2.24, 2.45) is 0 Å². The molecule has 2 heteroatoms. The molecule has 4 rings (SSSR count).